The molecule has 13 heteroatoms. The molecule has 5 atom stereocenters. The lowest BCUT2D eigenvalue weighted by atomic mass is 9.95. The Morgan fingerprint density at radius 3 is 2.07 bits per heavy atom. The third-order valence-corrected chi connectivity index (χ3v) is 3.57. The van der Waals surface area contributed by atoms with Gasteiger partial charge in [-0.3, -0.25) is 14.4 Å². The summed E-state index contributed by atoms with van der Waals surface area (Å²) >= 11 is 0. The standard InChI is InChI=1S/C17H26N4O9/c1-8(22)26-7-11-13(27-9(2)23)14(28-10(3)24)12(15(29-11)20-21-18)19-16(25)30-17(4,5)6/h11-15H,7H2,1-6H3,(H,19,25)/t11-,12-,13-,14-,15-/m1/s1. The van der Waals surface area contributed by atoms with Crippen LogP contribution in [0.3, 0.4) is 0 Å². The van der Waals surface area contributed by atoms with Crippen LogP contribution in [-0.4, -0.2) is 66.8 Å². The Labute approximate surface area is 172 Å². The van der Waals surface area contributed by atoms with Crippen LogP contribution in [-0.2, 0) is 38.1 Å². The summed E-state index contributed by atoms with van der Waals surface area (Å²) in [6.07, 6.45) is -6.06. The van der Waals surface area contributed by atoms with Crippen molar-refractivity contribution in [3.63, 3.8) is 0 Å². The second-order valence-electron chi connectivity index (χ2n) is 7.39. The highest BCUT2D eigenvalue weighted by molar-refractivity contribution is 5.70. The zero-order chi connectivity index (χ0) is 23.1. The molecule has 30 heavy (non-hydrogen) atoms. The molecular formula is C17H26N4O9. The number of hydrogen-bond donors (Lipinski definition) is 1. The largest absolute Gasteiger partial charge is 0.463 e. The summed E-state index contributed by atoms with van der Waals surface area (Å²) in [5, 5.41) is 5.91. The molecule has 0 aromatic rings. The van der Waals surface area contributed by atoms with Crippen LogP contribution in [0, 0.1) is 0 Å². The topological polar surface area (TPSA) is 175 Å². The first kappa shape index (κ1) is 25.0. The molecule has 0 aliphatic carbocycles. The van der Waals surface area contributed by atoms with Crippen molar-refractivity contribution in [3.8, 4) is 0 Å². The molecule has 0 radical (unpaired) electrons. The zero-order valence-corrected chi connectivity index (χ0v) is 17.6. The molecule has 1 heterocycles. The van der Waals surface area contributed by atoms with E-state index in [0.29, 0.717) is 0 Å². The van der Waals surface area contributed by atoms with Gasteiger partial charge in [0.25, 0.3) is 0 Å². The van der Waals surface area contributed by atoms with E-state index in [1.165, 1.54) is 0 Å². The van der Waals surface area contributed by atoms with Crippen molar-refractivity contribution in [3.05, 3.63) is 10.4 Å². The number of rotatable bonds is 6. The molecule has 0 aromatic heterocycles. The first-order valence-corrected chi connectivity index (χ1v) is 9.01. The van der Waals surface area contributed by atoms with E-state index in [0.717, 1.165) is 20.8 Å². The molecule has 0 bridgehead atoms. The number of hydrogen-bond acceptors (Lipinski definition) is 10. The number of carbonyl (C=O) groups excluding carboxylic acids is 4. The molecular weight excluding hydrogens is 404 g/mol. The van der Waals surface area contributed by atoms with E-state index in [2.05, 4.69) is 15.3 Å². The molecule has 0 spiro atoms. The van der Waals surface area contributed by atoms with E-state index in [-0.39, 0.29) is 6.61 Å². The summed E-state index contributed by atoms with van der Waals surface area (Å²) in [4.78, 5) is 49.5. The fourth-order valence-electron chi connectivity index (χ4n) is 2.67. The number of carbonyl (C=O) groups is 4. The summed E-state index contributed by atoms with van der Waals surface area (Å²) < 4.78 is 26.2. The molecule has 13 nitrogen and oxygen atoms in total. The first-order valence-electron chi connectivity index (χ1n) is 9.01. The van der Waals surface area contributed by atoms with Gasteiger partial charge in [0.15, 0.2) is 18.4 Å². The van der Waals surface area contributed by atoms with E-state index in [1.54, 1.807) is 20.8 Å². The number of nitrogens with zero attached hydrogens (tertiary/aromatic N) is 3. The smallest absolute Gasteiger partial charge is 0.408 e. The monoisotopic (exact) mass is 430 g/mol. The maximum Gasteiger partial charge on any atom is 0.408 e. The summed E-state index contributed by atoms with van der Waals surface area (Å²) in [6, 6.07) is -1.27. The van der Waals surface area contributed by atoms with Gasteiger partial charge in [-0.15, -0.1) is 0 Å². The number of alkyl carbamates (subject to hydrolysis) is 1. The van der Waals surface area contributed by atoms with Crippen LogP contribution in [0.2, 0.25) is 0 Å². The van der Waals surface area contributed by atoms with Gasteiger partial charge in [0, 0.05) is 25.7 Å². The van der Waals surface area contributed by atoms with Gasteiger partial charge >= 0.3 is 24.0 Å². The number of esters is 3. The average molecular weight is 430 g/mol. The molecule has 1 aliphatic heterocycles. The Balaban J connectivity index is 3.32. The van der Waals surface area contributed by atoms with Crippen LogP contribution in [0.1, 0.15) is 41.5 Å². The molecule has 1 fully saturated rings. The van der Waals surface area contributed by atoms with Crippen LogP contribution >= 0.6 is 0 Å². The van der Waals surface area contributed by atoms with Crippen LogP contribution in [0.4, 0.5) is 4.79 Å². The third kappa shape index (κ3) is 8.13. The minimum absolute atomic E-state index is 0.387. The maximum absolute atomic E-state index is 12.3. The highest BCUT2D eigenvalue weighted by atomic mass is 16.6. The Morgan fingerprint density at radius 2 is 1.60 bits per heavy atom. The molecule has 0 aromatic carbocycles. The van der Waals surface area contributed by atoms with Crippen LogP contribution < -0.4 is 5.32 Å². The van der Waals surface area contributed by atoms with Crippen molar-refractivity contribution in [1.29, 1.82) is 0 Å². The molecule has 0 saturated carbocycles. The van der Waals surface area contributed by atoms with Crippen molar-refractivity contribution >= 4 is 24.0 Å². The van der Waals surface area contributed by atoms with Gasteiger partial charge in [-0.1, -0.05) is 5.11 Å². The van der Waals surface area contributed by atoms with Gasteiger partial charge < -0.3 is 29.0 Å². The van der Waals surface area contributed by atoms with Crippen molar-refractivity contribution < 1.29 is 42.9 Å². The van der Waals surface area contributed by atoms with Crippen molar-refractivity contribution in [2.45, 2.75) is 77.7 Å². The lowest BCUT2D eigenvalue weighted by Crippen LogP contribution is -2.66. The SMILES string of the molecule is CC(=O)OC[C@H]1O[C@@H](N=[N+]=[N-])[C@H](NC(=O)OC(C)(C)C)[C@@H](OC(C)=O)[C@@H]1OC(C)=O. The van der Waals surface area contributed by atoms with Gasteiger partial charge in [0.1, 0.15) is 24.4 Å². The highest BCUT2D eigenvalue weighted by Crippen LogP contribution is 2.28. The maximum atomic E-state index is 12.3. The summed E-state index contributed by atoms with van der Waals surface area (Å²) in [5.41, 5.74) is 8.05. The predicted molar refractivity (Wildman–Crippen MR) is 98.7 cm³/mol. The third-order valence-electron chi connectivity index (χ3n) is 3.57. The van der Waals surface area contributed by atoms with Gasteiger partial charge in [-0.2, -0.15) is 0 Å². The van der Waals surface area contributed by atoms with Crippen LogP contribution in [0.15, 0.2) is 5.11 Å². The summed E-state index contributed by atoms with van der Waals surface area (Å²) in [5.74, 6) is -2.15. The number of azide groups is 1. The van der Waals surface area contributed by atoms with Gasteiger partial charge in [-0.05, 0) is 26.3 Å². The number of amides is 1. The van der Waals surface area contributed by atoms with E-state index in [4.69, 9.17) is 29.2 Å². The minimum atomic E-state index is -1.39. The van der Waals surface area contributed by atoms with E-state index in [1.807, 2.05) is 0 Å². The van der Waals surface area contributed by atoms with Crippen molar-refractivity contribution in [2.24, 2.45) is 5.11 Å². The Morgan fingerprint density at radius 1 is 1.03 bits per heavy atom. The summed E-state index contributed by atoms with van der Waals surface area (Å²) in [6.45, 7) is 7.89. The minimum Gasteiger partial charge on any atom is -0.463 e. The normalized spacial score (nSPS) is 25.9. The fraction of sp³-hybridized carbons (Fsp3) is 0.765. The lowest BCUT2D eigenvalue weighted by molar-refractivity contribution is -0.222. The molecule has 168 valence electrons. The second kappa shape index (κ2) is 10.6. The fourth-order valence-corrected chi connectivity index (χ4v) is 2.67. The second-order valence-corrected chi connectivity index (χ2v) is 7.39. The highest BCUT2D eigenvalue weighted by Gasteiger charge is 2.51. The molecule has 1 amide bonds. The van der Waals surface area contributed by atoms with E-state index in [9.17, 15) is 19.2 Å². The summed E-state index contributed by atoms with van der Waals surface area (Å²) in [7, 11) is 0. The number of ether oxygens (including phenoxy) is 5. The Kier molecular flexibility index (Phi) is 8.87. The Hall–Kier alpha value is -3.05. The van der Waals surface area contributed by atoms with Gasteiger partial charge in [0.2, 0.25) is 0 Å². The molecule has 1 saturated heterocycles. The van der Waals surface area contributed by atoms with Crippen LogP contribution in [0.25, 0.3) is 10.4 Å². The van der Waals surface area contributed by atoms with E-state index < -0.39 is 60.2 Å². The van der Waals surface area contributed by atoms with Crippen LogP contribution in [0.5, 0.6) is 0 Å². The molecule has 0 unspecified atom stereocenters. The molecule has 1 rings (SSSR count). The quantitative estimate of drug-likeness (QED) is 0.214. The van der Waals surface area contributed by atoms with Gasteiger partial charge in [0.05, 0.1) is 0 Å². The van der Waals surface area contributed by atoms with E-state index >= 15 is 0 Å². The van der Waals surface area contributed by atoms with Crippen molar-refractivity contribution in [1.82, 2.24) is 5.32 Å². The number of nitrogens with one attached hydrogen (secondary N) is 1. The molecule has 1 aliphatic rings. The lowest BCUT2D eigenvalue weighted by Gasteiger charge is -2.44. The Bertz CT molecular complexity index is 715. The average Bonchev–Trinajstić information content (AvgIpc) is 2.56. The zero-order valence-electron chi connectivity index (χ0n) is 17.6. The predicted octanol–water partition coefficient (Wildman–Crippen LogP) is 1.34. The first-order chi connectivity index (χ1) is 13.8. The van der Waals surface area contributed by atoms with Crippen molar-refractivity contribution in [2.75, 3.05) is 6.61 Å². The molecule has 1 N–H and O–H groups in total. The van der Waals surface area contributed by atoms with Gasteiger partial charge in [-0.25, -0.2) is 4.79 Å².